The number of aryl methyl sites for hydroxylation is 1. The largest absolute Gasteiger partial charge is 0.508 e. The lowest BCUT2D eigenvalue weighted by atomic mass is 9.61. The van der Waals surface area contributed by atoms with Gasteiger partial charge in [0.05, 0.1) is 0 Å². The van der Waals surface area contributed by atoms with Crippen molar-refractivity contribution in [2.24, 2.45) is 5.92 Å². The van der Waals surface area contributed by atoms with Crippen molar-refractivity contribution >= 4 is 5.78 Å². The maximum atomic E-state index is 11.8. The molecule has 0 aliphatic heterocycles. The molecule has 0 heterocycles. The molecule has 1 aromatic rings. The summed E-state index contributed by atoms with van der Waals surface area (Å²) in [6, 6.07) is 5.66. The molecule has 0 amide bonds. The number of rotatable bonds is 0. The zero-order valence-corrected chi connectivity index (χ0v) is 10.9. The summed E-state index contributed by atoms with van der Waals surface area (Å²) in [6.45, 7) is 4.24. The lowest BCUT2D eigenvalue weighted by Crippen LogP contribution is -2.37. The zero-order valence-electron chi connectivity index (χ0n) is 10.9. The van der Waals surface area contributed by atoms with Gasteiger partial charge in [-0.25, -0.2) is 0 Å². The Morgan fingerprint density at radius 3 is 2.89 bits per heavy atom. The molecule has 0 radical (unpaired) electrons. The fraction of sp³-hybridized carbons (Fsp3) is 0.438. The van der Waals surface area contributed by atoms with Gasteiger partial charge in [-0.3, -0.25) is 4.79 Å². The highest BCUT2D eigenvalue weighted by molar-refractivity contribution is 5.94. The van der Waals surface area contributed by atoms with E-state index in [1.165, 1.54) is 16.7 Å². The molecule has 1 aromatic carbocycles. The molecular formula is C16H18O2. The summed E-state index contributed by atoms with van der Waals surface area (Å²) in [5.41, 5.74) is 3.77. The van der Waals surface area contributed by atoms with Gasteiger partial charge in [-0.2, -0.15) is 0 Å². The molecule has 2 nitrogen and oxygen atoms in total. The van der Waals surface area contributed by atoms with Gasteiger partial charge < -0.3 is 5.11 Å². The van der Waals surface area contributed by atoms with Crippen molar-refractivity contribution in [2.75, 3.05) is 0 Å². The van der Waals surface area contributed by atoms with Crippen LogP contribution in [-0.2, 0) is 16.6 Å². The Morgan fingerprint density at radius 2 is 2.11 bits per heavy atom. The number of phenolic OH excluding ortho intramolecular Hbond substituents is 1. The van der Waals surface area contributed by atoms with Crippen LogP contribution in [0.25, 0.3) is 0 Å². The van der Waals surface area contributed by atoms with Gasteiger partial charge in [-0.1, -0.05) is 25.5 Å². The highest BCUT2D eigenvalue weighted by Gasteiger charge is 2.41. The molecule has 94 valence electrons. The minimum Gasteiger partial charge on any atom is -0.508 e. The summed E-state index contributed by atoms with van der Waals surface area (Å²) in [7, 11) is 0. The van der Waals surface area contributed by atoms with Gasteiger partial charge in [0.2, 0.25) is 0 Å². The van der Waals surface area contributed by atoms with Crippen LogP contribution in [0.4, 0.5) is 0 Å². The average molecular weight is 242 g/mol. The number of hydrogen-bond donors (Lipinski definition) is 1. The Labute approximate surface area is 107 Å². The maximum absolute atomic E-state index is 11.8. The van der Waals surface area contributed by atoms with E-state index in [-0.39, 0.29) is 17.1 Å². The van der Waals surface area contributed by atoms with Gasteiger partial charge >= 0.3 is 0 Å². The first-order valence-electron chi connectivity index (χ1n) is 6.58. The van der Waals surface area contributed by atoms with Gasteiger partial charge in [-0.15, -0.1) is 0 Å². The maximum Gasteiger partial charge on any atom is 0.158 e. The third-order valence-electron chi connectivity index (χ3n) is 4.57. The van der Waals surface area contributed by atoms with Crippen molar-refractivity contribution in [2.45, 2.75) is 38.5 Å². The van der Waals surface area contributed by atoms with Crippen molar-refractivity contribution in [1.82, 2.24) is 0 Å². The number of ketones is 1. The van der Waals surface area contributed by atoms with Gasteiger partial charge in [0.25, 0.3) is 0 Å². The number of hydrogen-bond acceptors (Lipinski definition) is 2. The fourth-order valence-electron chi connectivity index (χ4n) is 3.54. The summed E-state index contributed by atoms with van der Waals surface area (Å²) >= 11 is 0. The molecule has 2 atom stereocenters. The third-order valence-corrected chi connectivity index (χ3v) is 4.57. The van der Waals surface area contributed by atoms with E-state index in [2.05, 4.69) is 6.92 Å². The van der Waals surface area contributed by atoms with Crippen LogP contribution in [0, 0.1) is 5.92 Å². The number of fused-ring (bicyclic) bond motifs is 3. The molecular weight excluding hydrogens is 224 g/mol. The van der Waals surface area contributed by atoms with Crippen LogP contribution in [0.15, 0.2) is 29.8 Å². The molecule has 0 saturated heterocycles. The van der Waals surface area contributed by atoms with Crippen molar-refractivity contribution in [3.05, 3.63) is 41.0 Å². The molecule has 0 saturated carbocycles. The first kappa shape index (κ1) is 11.5. The molecule has 0 aromatic heterocycles. The Bertz CT molecular complexity index is 556. The molecule has 0 fully saturated rings. The second-order valence-electron chi connectivity index (χ2n) is 5.85. The zero-order chi connectivity index (χ0) is 12.9. The second kappa shape index (κ2) is 3.71. The Hall–Kier alpha value is -1.57. The van der Waals surface area contributed by atoms with E-state index in [0.717, 1.165) is 19.3 Å². The molecule has 0 unspecified atom stereocenters. The van der Waals surface area contributed by atoms with Crippen molar-refractivity contribution in [1.29, 1.82) is 0 Å². The third kappa shape index (κ3) is 1.52. The number of phenols is 1. The quantitative estimate of drug-likeness (QED) is 0.759. The first-order chi connectivity index (χ1) is 8.50. The van der Waals surface area contributed by atoms with Crippen LogP contribution < -0.4 is 0 Å². The van der Waals surface area contributed by atoms with Crippen LogP contribution >= 0.6 is 0 Å². The topological polar surface area (TPSA) is 37.3 Å². The van der Waals surface area contributed by atoms with Crippen LogP contribution in [0.2, 0.25) is 0 Å². The van der Waals surface area contributed by atoms with Crippen LogP contribution in [0.1, 0.15) is 37.8 Å². The first-order valence-corrected chi connectivity index (χ1v) is 6.58. The summed E-state index contributed by atoms with van der Waals surface area (Å²) in [5.74, 6) is 0.702. The molecule has 3 rings (SSSR count). The number of carbonyl (C=O) groups excluding carboxylic acids is 1. The summed E-state index contributed by atoms with van der Waals surface area (Å²) in [4.78, 5) is 11.8. The number of allylic oxidation sites excluding steroid dienone is 2. The van der Waals surface area contributed by atoms with Crippen molar-refractivity contribution in [3.8, 4) is 5.75 Å². The molecule has 2 aliphatic rings. The average Bonchev–Trinajstić information content (AvgIpc) is 2.31. The van der Waals surface area contributed by atoms with Crippen molar-refractivity contribution < 1.29 is 9.90 Å². The molecule has 2 aliphatic carbocycles. The van der Waals surface area contributed by atoms with Crippen LogP contribution in [-0.4, -0.2) is 10.9 Å². The van der Waals surface area contributed by atoms with E-state index in [1.54, 1.807) is 6.07 Å². The van der Waals surface area contributed by atoms with Gasteiger partial charge in [0, 0.05) is 11.3 Å². The molecule has 2 heteroatoms. The highest BCUT2D eigenvalue weighted by Crippen LogP contribution is 2.48. The van der Waals surface area contributed by atoms with Gasteiger partial charge in [0.1, 0.15) is 5.75 Å². The lowest BCUT2D eigenvalue weighted by molar-refractivity contribution is -0.118. The summed E-state index contributed by atoms with van der Waals surface area (Å²) in [5, 5.41) is 9.59. The van der Waals surface area contributed by atoms with Gasteiger partial charge in [0.15, 0.2) is 5.78 Å². The predicted octanol–water partition coefficient (Wildman–Crippen LogP) is 3.13. The molecule has 0 spiro atoms. The Balaban J connectivity index is 2.17. The summed E-state index contributed by atoms with van der Waals surface area (Å²) < 4.78 is 0. The standard InChI is InChI=1S/C16H18O2/c1-10-9-16(2)12(8-15(10)18)4-3-11-7-13(17)5-6-14(11)16/h5-8,10,17H,3-4,9H2,1-2H3/t10-,16+/m0/s1. The smallest absolute Gasteiger partial charge is 0.158 e. The number of benzene rings is 1. The van der Waals surface area contributed by atoms with Crippen molar-refractivity contribution in [3.63, 3.8) is 0 Å². The highest BCUT2D eigenvalue weighted by atomic mass is 16.3. The Kier molecular flexibility index (Phi) is 2.37. The van der Waals surface area contributed by atoms with Crippen LogP contribution in [0.3, 0.4) is 0 Å². The van der Waals surface area contributed by atoms with Crippen LogP contribution in [0.5, 0.6) is 5.75 Å². The monoisotopic (exact) mass is 242 g/mol. The SMILES string of the molecule is C[C@H]1C[C@]2(C)C(=CC1=O)CCc1cc(O)ccc12. The fourth-order valence-corrected chi connectivity index (χ4v) is 3.54. The number of aromatic hydroxyl groups is 1. The van der Waals surface area contributed by atoms with E-state index >= 15 is 0 Å². The Morgan fingerprint density at radius 1 is 1.33 bits per heavy atom. The minimum absolute atomic E-state index is 0.0192. The van der Waals surface area contributed by atoms with E-state index in [4.69, 9.17) is 0 Å². The van der Waals surface area contributed by atoms with E-state index < -0.39 is 0 Å². The normalized spacial score (nSPS) is 30.4. The molecule has 1 N–H and O–H groups in total. The van der Waals surface area contributed by atoms with E-state index in [0.29, 0.717) is 5.75 Å². The second-order valence-corrected chi connectivity index (χ2v) is 5.85. The van der Waals surface area contributed by atoms with E-state index in [1.807, 2.05) is 25.1 Å². The lowest BCUT2D eigenvalue weighted by Gasteiger charge is -2.42. The molecule has 18 heavy (non-hydrogen) atoms. The van der Waals surface area contributed by atoms with E-state index in [9.17, 15) is 9.90 Å². The predicted molar refractivity (Wildman–Crippen MR) is 70.7 cm³/mol. The molecule has 0 bridgehead atoms. The number of carbonyl (C=O) groups is 1. The minimum atomic E-state index is -0.0192. The summed E-state index contributed by atoms with van der Waals surface area (Å²) in [6.07, 6.45) is 4.61. The van der Waals surface area contributed by atoms with Gasteiger partial charge in [-0.05, 0) is 48.6 Å².